The van der Waals surface area contributed by atoms with Crippen LogP contribution in [0.4, 0.5) is 0 Å². The Kier molecular flexibility index (Phi) is 5.01. The van der Waals surface area contributed by atoms with Gasteiger partial charge in [-0.25, -0.2) is 0 Å². The van der Waals surface area contributed by atoms with Gasteiger partial charge in [-0.3, -0.25) is 0 Å². The summed E-state index contributed by atoms with van der Waals surface area (Å²) in [7, 11) is 0. The highest BCUT2D eigenvalue weighted by molar-refractivity contribution is 5.17. The lowest BCUT2D eigenvalue weighted by molar-refractivity contribution is 0.141. The summed E-state index contributed by atoms with van der Waals surface area (Å²) in [6, 6.07) is 9.94. The van der Waals surface area contributed by atoms with Crippen molar-refractivity contribution >= 4 is 0 Å². The molecular weight excluding hydrogens is 196 g/mol. The molecule has 1 rings (SSSR count). The summed E-state index contributed by atoms with van der Waals surface area (Å²) in [5, 5.41) is 10.1. The summed E-state index contributed by atoms with van der Waals surface area (Å²) in [6.45, 7) is 6.79. The van der Waals surface area contributed by atoms with Crippen LogP contribution in [0.1, 0.15) is 58.1 Å². The minimum Gasteiger partial charge on any atom is -0.388 e. The molecule has 1 unspecified atom stereocenters. The zero-order valence-electron chi connectivity index (χ0n) is 10.7. The van der Waals surface area contributed by atoms with Crippen molar-refractivity contribution in [2.45, 2.75) is 52.6 Å². The molecule has 16 heavy (non-hydrogen) atoms. The molecule has 0 saturated heterocycles. The van der Waals surface area contributed by atoms with Crippen molar-refractivity contribution < 1.29 is 5.11 Å². The molecule has 1 aromatic rings. The van der Waals surface area contributed by atoms with E-state index in [1.165, 1.54) is 12.8 Å². The normalized spacial score (nSPS) is 13.8. The van der Waals surface area contributed by atoms with E-state index in [1.54, 1.807) is 0 Å². The Bertz CT molecular complexity index is 290. The predicted molar refractivity (Wildman–Crippen MR) is 69.3 cm³/mol. The molecule has 1 nitrogen and oxygen atoms in total. The molecule has 0 aliphatic heterocycles. The monoisotopic (exact) mass is 220 g/mol. The van der Waals surface area contributed by atoms with Crippen LogP contribution in [-0.2, 0) is 0 Å². The first kappa shape index (κ1) is 13.2. The maximum atomic E-state index is 10.1. The van der Waals surface area contributed by atoms with Crippen molar-refractivity contribution in [1.29, 1.82) is 0 Å². The minimum atomic E-state index is -0.308. The highest BCUT2D eigenvalue weighted by Crippen LogP contribution is 2.31. The molecule has 1 aromatic carbocycles. The fourth-order valence-electron chi connectivity index (χ4n) is 2.17. The van der Waals surface area contributed by atoms with Crippen LogP contribution in [0.15, 0.2) is 30.3 Å². The number of aliphatic hydroxyl groups is 1. The molecule has 0 aliphatic carbocycles. The van der Waals surface area contributed by atoms with Gasteiger partial charge in [-0.1, -0.05) is 57.5 Å². The van der Waals surface area contributed by atoms with Gasteiger partial charge in [0.15, 0.2) is 0 Å². The Balaban J connectivity index is 2.44. The van der Waals surface area contributed by atoms with Gasteiger partial charge in [0.25, 0.3) is 0 Å². The summed E-state index contributed by atoms with van der Waals surface area (Å²) in [6.07, 6.45) is 4.08. The number of benzene rings is 1. The van der Waals surface area contributed by atoms with E-state index in [0.29, 0.717) is 5.41 Å². The molecule has 1 N–H and O–H groups in total. The Morgan fingerprint density at radius 1 is 1.12 bits per heavy atom. The van der Waals surface area contributed by atoms with E-state index in [2.05, 4.69) is 20.8 Å². The molecule has 0 saturated carbocycles. The highest BCUT2D eigenvalue weighted by Gasteiger charge is 2.18. The third kappa shape index (κ3) is 4.36. The van der Waals surface area contributed by atoms with Crippen molar-refractivity contribution in [3.05, 3.63) is 35.9 Å². The first-order valence-corrected chi connectivity index (χ1v) is 6.28. The number of aliphatic hydroxyl groups excluding tert-OH is 1. The largest absolute Gasteiger partial charge is 0.388 e. The topological polar surface area (TPSA) is 20.2 Å². The molecule has 0 amide bonds. The van der Waals surface area contributed by atoms with E-state index in [1.807, 2.05) is 30.3 Å². The first-order valence-electron chi connectivity index (χ1n) is 6.28. The molecule has 0 fully saturated rings. The quantitative estimate of drug-likeness (QED) is 0.756. The lowest BCUT2D eigenvalue weighted by Crippen LogP contribution is -2.12. The van der Waals surface area contributed by atoms with Crippen LogP contribution in [-0.4, -0.2) is 5.11 Å². The summed E-state index contributed by atoms with van der Waals surface area (Å²) < 4.78 is 0. The predicted octanol–water partition coefficient (Wildman–Crippen LogP) is 4.33. The van der Waals surface area contributed by atoms with Crippen molar-refractivity contribution in [3.63, 3.8) is 0 Å². The molecule has 0 spiro atoms. The van der Waals surface area contributed by atoms with Crippen molar-refractivity contribution in [3.8, 4) is 0 Å². The Labute approximate surface area is 99.5 Å². The molecular formula is C15H24O. The van der Waals surface area contributed by atoms with Gasteiger partial charge >= 0.3 is 0 Å². The van der Waals surface area contributed by atoms with Gasteiger partial charge in [0.2, 0.25) is 0 Å². The average molecular weight is 220 g/mol. The summed E-state index contributed by atoms with van der Waals surface area (Å²) in [5.41, 5.74) is 1.39. The van der Waals surface area contributed by atoms with Crippen LogP contribution >= 0.6 is 0 Å². The smallest absolute Gasteiger partial charge is 0.0790 e. The van der Waals surface area contributed by atoms with Gasteiger partial charge in [0.05, 0.1) is 6.10 Å². The number of hydrogen-bond acceptors (Lipinski definition) is 1. The first-order chi connectivity index (χ1) is 7.55. The van der Waals surface area contributed by atoms with Gasteiger partial charge in [-0.15, -0.1) is 0 Å². The molecule has 0 bridgehead atoms. The summed E-state index contributed by atoms with van der Waals surface area (Å²) >= 11 is 0. The molecule has 1 atom stereocenters. The van der Waals surface area contributed by atoms with E-state index >= 15 is 0 Å². The maximum absolute atomic E-state index is 10.1. The van der Waals surface area contributed by atoms with E-state index in [4.69, 9.17) is 0 Å². The zero-order chi connectivity index (χ0) is 12.0. The molecule has 0 aliphatic rings. The molecule has 1 heteroatoms. The van der Waals surface area contributed by atoms with Crippen LogP contribution in [0, 0.1) is 5.41 Å². The Morgan fingerprint density at radius 2 is 1.75 bits per heavy atom. The Hall–Kier alpha value is -0.820. The summed E-state index contributed by atoms with van der Waals surface area (Å²) in [4.78, 5) is 0. The van der Waals surface area contributed by atoms with Gasteiger partial charge in [0.1, 0.15) is 0 Å². The molecule has 90 valence electrons. The van der Waals surface area contributed by atoms with Crippen LogP contribution in [0.25, 0.3) is 0 Å². The van der Waals surface area contributed by atoms with Gasteiger partial charge in [-0.2, -0.15) is 0 Å². The fourth-order valence-corrected chi connectivity index (χ4v) is 2.17. The van der Waals surface area contributed by atoms with Crippen molar-refractivity contribution in [1.82, 2.24) is 0 Å². The second-order valence-electron chi connectivity index (χ2n) is 5.38. The van der Waals surface area contributed by atoms with Crippen LogP contribution in [0.2, 0.25) is 0 Å². The van der Waals surface area contributed by atoms with Gasteiger partial charge < -0.3 is 5.11 Å². The van der Waals surface area contributed by atoms with E-state index in [9.17, 15) is 5.11 Å². The molecule has 0 aromatic heterocycles. The second kappa shape index (κ2) is 6.05. The Morgan fingerprint density at radius 3 is 2.31 bits per heavy atom. The SMILES string of the molecule is CCCC(C)(C)CCC(O)c1ccccc1. The number of rotatable bonds is 6. The lowest BCUT2D eigenvalue weighted by Gasteiger charge is -2.25. The van der Waals surface area contributed by atoms with Gasteiger partial charge in [-0.05, 0) is 30.2 Å². The minimum absolute atomic E-state index is 0.308. The van der Waals surface area contributed by atoms with E-state index < -0.39 is 0 Å². The molecule has 0 radical (unpaired) electrons. The third-order valence-electron chi connectivity index (χ3n) is 3.21. The number of hydrogen-bond donors (Lipinski definition) is 1. The van der Waals surface area contributed by atoms with Crippen molar-refractivity contribution in [2.24, 2.45) is 5.41 Å². The van der Waals surface area contributed by atoms with Crippen LogP contribution in [0.3, 0.4) is 0 Å². The molecule has 0 heterocycles. The summed E-state index contributed by atoms with van der Waals surface area (Å²) in [5.74, 6) is 0. The van der Waals surface area contributed by atoms with E-state index in [0.717, 1.165) is 18.4 Å². The van der Waals surface area contributed by atoms with Crippen molar-refractivity contribution in [2.75, 3.05) is 0 Å². The van der Waals surface area contributed by atoms with Crippen LogP contribution < -0.4 is 0 Å². The second-order valence-corrected chi connectivity index (χ2v) is 5.38. The van der Waals surface area contributed by atoms with Crippen LogP contribution in [0.5, 0.6) is 0 Å². The fraction of sp³-hybridized carbons (Fsp3) is 0.600. The van der Waals surface area contributed by atoms with Gasteiger partial charge in [0, 0.05) is 0 Å². The lowest BCUT2D eigenvalue weighted by atomic mass is 9.82. The highest BCUT2D eigenvalue weighted by atomic mass is 16.3. The maximum Gasteiger partial charge on any atom is 0.0790 e. The third-order valence-corrected chi connectivity index (χ3v) is 3.21. The van der Waals surface area contributed by atoms with E-state index in [-0.39, 0.29) is 6.10 Å². The average Bonchev–Trinajstić information content (AvgIpc) is 2.27. The standard InChI is InChI=1S/C15H24O/c1-4-11-15(2,3)12-10-14(16)13-8-6-5-7-9-13/h5-9,14,16H,4,10-12H2,1-3H3. The zero-order valence-corrected chi connectivity index (χ0v) is 10.7.